The predicted molar refractivity (Wildman–Crippen MR) is 386 cm³/mol. The molecule has 6 aliphatic rings. The van der Waals surface area contributed by atoms with Gasteiger partial charge in [-0.1, -0.05) is 62.1 Å². The first-order chi connectivity index (χ1) is 42.9. The molecule has 6 heterocycles. The van der Waals surface area contributed by atoms with Crippen molar-refractivity contribution >= 4 is 23.9 Å². The van der Waals surface area contributed by atoms with E-state index in [9.17, 15) is 19.2 Å². The van der Waals surface area contributed by atoms with E-state index in [-0.39, 0.29) is 115 Å². The van der Waals surface area contributed by atoms with Crippen LogP contribution in [0.1, 0.15) is 340 Å². The van der Waals surface area contributed by atoms with Gasteiger partial charge in [0, 0.05) is 137 Å². The van der Waals surface area contributed by atoms with E-state index in [1.54, 1.807) is 12.1 Å². The predicted octanol–water partition coefficient (Wildman–Crippen LogP) is 16.5. The molecule has 0 atom stereocenters. The molecule has 8 rings (SSSR count). The summed E-state index contributed by atoms with van der Waals surface area (Å²) in [5.74, 6) is 0.710. The van der Waals surface area contributed by atoms with Crippen molar-refractivity contribution < 1.29 is 38.1 Å². The summed E-state index contributed by atoms with van der Waals surface area (Å²) in [5.41, 5.74) is 5.06. The molecule has 0 aliphatic carbocycles. The summed E-state index contributed by atoms with van der Waals surface area (Å²) < 4.78 is 23.2. The van der Waals surface area contributed by atoms with Gasteiger partial charge in [-0.25, -0.2) is 4.79 Å². The Morgan fingerprint density at radius 3 is 0.787 bits per heavy atom. The molecule has 6 fully saturated rings. The standard InChI is InChI=1S/C28H44N2O4.C28H52N2O4.C24H40N2/c1-25(2)15-21(16-26(3,4)29-25)33-23(31)14-11-19-9-12-20(13-10-19)24(32)34-22-17-27(5,6)30-28(7,8)18-22;1-25(2)17-21(18-26(3,4)29-25)33-23(31)15-13-11-9-10-12-14-16-24(32)34-22-19-27(5,6)30-28(7,8)20-22;1-21(2)13-19(14-22(3,4)25-21)17-9-11-18(12-10-17)20-15-23(5,6)26-24(7,8)16-20/h9-10,12-13,21-22,29-30H,11,14-18H2,1-8H3;21-22,29-30H,9-20H2,1-8H3;9-12,19-20,25-26H,13-16H2,1-8H3. The van der Waals surface area contributed by atoms with Crippen LogP contribution in [-0.2, 0) is 39.8 Å². The van der Waals surface area contributed by atoms with Crippen molar-refractivity contribution in [2.45, 2.75) is 410 Å². The van der Waals surface area contributed by atoms with Gasteiger partial charge >= 0.3 is 23.9 Å². The number of esters is 4. The van der Waals surface area contributed by atoms with Gasteiger partial charge in [-0.3, -0.25) is 14.4 Å². The number of benzene rings is 2. The third-order valence-corrected chi connectivity index (χ3v) is 19.9. The minimum atomic E-state index is -0.291. The molecule has 2 aromatic rings. The molecule has 6 saturated heterocycles. The van der Waals surface area contributed by atoms with Crippen LogP contribution in [0.4, 0.5) is 0 Å². The molecule has 14 heteroatoms. The third-order valence-electron chi connectivity index (χ3n) is 19.9. The molecule has 14 nitrogen and oxygen atoms in total. The summed E-state index contributed by atoms with van der Waals surface area (Å²) in [7, 11) is 0. The molecular weight excluding hydrogens is 1170 g/mol. The molecule has 0 aromatic heterocycles. The summed E-state index contributed by atoms with van der Waals surface area (Å²) in [5, 5.41) is 22.1. The fourth-order valence-electron chi connectivity index (χ4n) is 18.7. The van der Waals surface area contributed by atoms with Crippen LogP contribution in [0, 0.1) is 0 Å². The molecule has 0 unspecified atom stereocenters. The van der Waals surface area contributed by atoms with Crippen molar-refractivity contribution in [3.63, 3.8) is 0 Å². The summed E-state index contributed by atoms with van der Waals surface area (Å²) in [6.07, 6.45) is 19.2. The van der Waals surface area contributed by atoms with Crippen LogP contribution < -0.4 is 31.9 Å². The number of ether oxygens (including phenoxy) is 4. The average Bonchev–Trinajstić information content (AvgIpc) is 0.815. The molecule has 0 bridgehead atoms. The van der Waals surface area contributed by atoms with E-state index in [0.717, 1.165) is 95.5 Å². The topological polar surface area (TPSA) is 177 Å². The SMILES string of the molecule is CC1(C)CC(OC(=O)CCCCCCCCC(=O)OC2CC(C)(C)NC(C)(C)C2)CC(C)(C)N1.CC1(C)CC(OC(=O)CCc2ccc(C(=O)OC3CC(C)(C)NC(C)(C)C3)cc2)CC(C)(C)N1.CC1(C)CC(c2ccc(C3CC(C)(C)NC(C)(C)C3)cc2)CC(C)(C)N1. The van der Waals surface area contributed by atoms with Crippen LogP contribution in [0.2, 0.25) is 0 Å². The number of carbonyl (C=O) groups is 4. The van der Waals surface area contributed by atoms with Gasteiger partial charge in [0.25, 0.3) is 0 Å². The maximum Gasteiger partial charge on any atom is 0.338 e. The molecule has 6 N–H and O–H groups in total. The van der Waals surface area contributed by atoms with Gasteiger partial charge in [0.2, 0.25) is 0 Å². The molecule has 6 aliphatic heterocycles. The van der Waals surface area contributed by atoms with Crippen molar-refractivity contribution in [3.05, 3.63) is 70.8 Å². The molecule has 534 valence electrons. The van der Waals surface area contributed by atoms with Crippen LogP contribution in [0.25, 0.3) is 0 Å². The van der Waals surface area contributed by atoms with Crippen LogP contribution in [0.5, 0.6) is 0 Å². The number of unbranched alkanes of at least 4 members (excludes halogenated alkanes) is 5. The number of hydrogen-bond donors (Lipinski definition) is 6. The van der Waals surface area contributed by atoms with E-state index in [4.69, 9.17) is 18.9 Å². The van der Waals surface area contributed by atoms with E-state index in [0.29, 0.717) is 43.1 Å². The van der Waals surface area contributed by atoms with Crippen molar-refractivity contribution in [1.29, 1.82) is 0 Å². The lowest BCUT2D eigenvalue weighted by Crippen LogP contribution is -2.59. The Morgan fingerprint density at radius 1 is 0.298 bits per heavy atom. The van der Waals surface area contributed by atoms with Crippen LogP contribution in [0.3, 0.4) is 0 Å². The highest BCUT2D eigenvalue weighted by Crippen LogP contribution is 2.43. The lowest BCUT2D eigenvalue weighted by molar-refractivity contribution is -0.154. The number of carbonyl (C=O) groups excluding carboxylic acids is 4. The lowest BCUT2D eigenvalue weighted by Gasteiger charge is -2.47. The highest BCUT2D eigenvalue weighted by atomic mass is 16.6. The van der Waals surface area contributed by atoms with Crippen molar-refractivity contribution in [2.75, 3.05) is 0 Å². The minimum absolute atomic E-state index is 0.000484. The minimum Gasteiger partial charge on any atom is -0.462 e. The molecular formula is C80H136N6O8. The van der Waals surface area contributed by atoms with Crippen molar-refractivity contribution in [1.82, 2.24) is 31.9 Å². The van der Waals surface area contributed by atoms with Crippen molar-refractivity contribution in [3.8, 4) is 0 Å². The monoisotopic (exact) mass is 1310 g/mol. The van der Waals surface area contributed by atoms with Gasteiger partial charge in [-0.2, -0.15) is 0 Å². The summed E-state index contributed by atoms with van der Waals surface area (Å²) >= 11 is 0. The lowest BCUT2D eigenvalue weighted by atomic mass is 9.71. The number of aryl methyl sites for hydroxylation is 1. The van der Waals surface area contributed by atoms with Gasteiger partial charge in [-0.05, 0) is 252 Å². The summed E-state index contributed by atoms with van der Waals surface area (Å²) in [4.78, 5) is 49.8. The maximum absolute atomic E-state index is 12.7. The van der Waals surface area contributed by atoms with Gasteiger partial charge in [0.05, 0.1) is 5.56 Å². The first-order valence-electron chi connectivity index (χ1n) is 36.6. The molecule has 2 aromatic carbocycles. The molecule has 0 radical (unpaired) electrons. The zero-order valence-electron chi connectivity index (χ0n) is 63.9. The normalized spacial score (nSPS) is 25.0. The Kier molecular flexibility index (Phi) is 25.8. The zero-order chi connectivity index (χ0) is 70.4. The average molecular weight is 1310 g/mol. The molecule has 0 saturated carbocycles. The van der Waals surface area contributed by atoms with Gasteiger partial charge in [0.1, 0.15) is 24.4 Å². The fourth-order valence-corrected chi connectivity index (χ4v) is 18.7. The molecule has 94 heavy (non-hydrogen) atoms. The second-order valence-electron chi connectivity index (χ2n) is 38.0. The first-order valence-corrected chi connectivity index (χ1v) is 36.6. The van der Waals surface area contributed by atoms with E-state index in [1.807, 2.05) is 12.1 Å². The van der Waals surface area contributed by atoms with Crippen LogP contribution in [-0.4, -0.2) is 115 Å². The van der Waals surface area contributed by atoms with E-state index < -0.39 is 0 Å². The molecule has 0 spiro atoms. The van der Waals surface area contributed by atoms with Crippen molar-refractivity contribution in [2.24, 2.45) is 0 Å². The smallest absolute Gasteiger partial charge is 0.338 e. The Balaban J connectivity index is 0.000000226. The largest absolute Gasteiger partial charge is 0.462 e. The van der Waals surface area contributed by atoms with Gasteiger partial charge < -0.3 is 50.8 Å². The fraction of sp³-hybridized carbons (Fsp3) is 0.800. The first kappa shape index (κ1) is 79.1. The quantitative estimate of drug-likeness (QED) is 0.0445. The number of nitrogens with one attached hydrogen (secondary N) is 6. The Morgan fingerprint density at radius 2 is 0.521 bits per heavy atom. The summed E-state index contributed by atoms with van der Waals surface area (Å²) in [6, 6.07) is 17.0. The zero-order valence-corrected chi connectivity index (χ0v) is 63.9. The molecule has 0 amide bonds. The van der Waals surface area contributed by atoms with Crippen LogP contribution in [0.15, 0.2) is 48.5 Å². The summed E-state index contributed by atoms with van der Waals surface area (Å²) in [6.45, 7) is 53.2. The van der Waals surface area contributed by atoms with Gasteiger partial charge in [-0.15, -0.1) is 0 Å². The Labute approximate surface area is 572 Å². The van der Waals surface area contributed by atoms with E-state index >= 15 is 0 Å². The number of piperidine rings is 6. The highest BCUT2D eigenvalue weighted by Gasteiger charge is 2.45. The van der Waals surface area contributed by atoms with E-state index in [2.05, 4.69) is 222 Å². The number of rotatable bonds is 19. The van der Waals surface area contributed by atoms with E-state index in [1.165, 1.54) is 36.8 Å². The second-order valence-corrected chi connectivity index (χ2v) is 38.0. The van der Waals surface area contributed by atoms with Crippen LogP contribution >= 0.6 is 0 Å². The Bertz CT molecular complexity index is 2600. The number of hydrogen-bond acceptors (Lipinski definition) is 14. The third kappa shape index (κ3) is 27.4. The Hall–Kier alpha value is -3.92. The van der Waals surface area contributed by atoms with Gasteiger partial charge in [0.15, 0.2) is 0 Å². The second kappa shape index (κ2) is 30.7. The highest BCUT2D eigenvalue weighted by molar-refractivity contribution is 5.89. The maximum atomic E-state index is 12.7.